The van der Waals surface area contributed by atoms with E-state index in [9.17, 15) is 9.59 Å². The molecular formula is C12H20N2O2. The van der Waals surface area contributed by atoms with Gasteiger partial charge in [-0.1, -0.05) is 20.8 Å². The second kappa shape index (κ2) is 3.75. The Balaban J connectivity index is 2.28. The molecule has 0 N–H and O–H groups in total. The van der Waals surface area contributed by atoms with Gasteiger partial charge in [0.2, 0.25) is 0 Å². The molecule has 0 radical (unpaired) electrons. The van der Waals surface area contributed by atoms with Crippen LogP contribution >= 0.6 is 0 Å². The lowest BCUT2D eigenvalue weighted by Crippen LogP contribution is -2.49. The lowest BCUT2D eigenvalue weighted by atomic mass is 9.77. The van der Waals surface area contributed by atoms with Crippen molar-refractivity contribution in [3.05, 3.63) is 0 Å². The molecule has 1 atom stereocenters. The molecule has 16 heavy (non-hydrogen) atoms. The number of nitrogens with zero attached hydrogens (tertiary/aromatic N) is 2. The van der Waals surface area contributed by atoms with Gasteiger partial charge in [0.05, 0.1) is 0 Å². The van der Waals surface area contributed by atoms with Gasteiger partial charge in [-0.3, -0.25) is 9.69 Å². The summed E-state index contributed by atoms with van der Waals surface area (Å²) < 4.78 is 0. The van der Waals surface area contributed by atoms with Gasteiger partial charge < -0.3 is 4.90 Å². The van der Waals surface area contributed by atoms with Crippen molar-refractivity contribution in [1.29, 1.82) is 0 Å². The van der Waals surface area contributed by atoms with Crippen LogP contribution in [0.3, 0.4) is 0 Å². The summed E-state index contributed by atoms with van der Waals surface area (Å²) in [4.78, 5) is 27.5. The molecule has 4 heteroatoms. The molecule has 2 heterocycles. The van der Waals surface area contributed by atoms with E-state index in [1.165, 1.54) is 4.90 Å². The highest BCUT2D eigenvalue weighted by Crippen LogP contribution is 2.39. The van der Waals surface area contributed by atoms with E-state index in [1.807, 2.05) is 6.92 Å². The Hall–Kier alpha value is -1.06. The number of amides is 3. The fraction of sp³-hybridized carbons (Fsp3) is 0.833. The summed E-state index contributed by atoms with van der Waals surface area (Å²) in [7, 11) is 0. The van der Waals surface area contributed by atoms with Gasteiger partial charge in [-0.05, 0) is 24.7 Å². The van der Waals surface area contributed by atoms with E-state index in [4.69, 9.17) is 0 Å². The molecule has 90 valence electrons. The third kappa shape index (κ3) is 1.51. The molecule has 2 saturated heterocycles. The average Bonchev–Trinajstić information content (AvgIpc) is 2.44. The van der Waals surface area contributed by atoms with Crippen LogP contribution in [0.15, 0.2) is 0 Å². The maximum Gasteiger partial charge on any atom is 0.327 e. The smallest absolute Gasteiger partial charge is 0.312 e. The van der Waals surface area contributed by atoms with Crippen LogP contribution in [0.4, 0.5) is 4.79 Å². The number of urea groups is 1. The number of hydrogen-bond acceptors (Lipinski definition) is 2. The van der Waals surface area contributed by atoms with Gasteiger partial charge in [0.15, 0.2) is 0 Å². The maximum absolute atomic E-state index is 12.2. The van der Waals surface area contributed by atoms with Gasteiger partial charge in [0, 0.05) is 13.1 Å². The Morgan fingerprint density at radius 2 is 2.06 bits per heavy atom. The molecule has 0 aromatic carbocycles. The number of carbonyl (C=O) groups excluding carboxylic acids is 2. The molecule has 0 saturated carbocycles. The second-order valence-corrected chi connectivity index (χ2v) is 5.46. The van der Waals surface area contributed by atoms with Gasteiger partial charge in [-0.25, -0.2) is 4.79 Å². The fourth-order valence-corrected chi connectivity index (χ4v) is 2.89. The molecule has 0 spiro atoms. The summed E-state index contributed by atoms with van der Waals surface area (Å²) in [5, 5.41) is 0. The first-order valence-electron chi connectivity index (χ1n) is 6.11. The highest BCUT2D eigenvalue weighted by Gasteiger charge is 2.53. The van der Waals surface area contributed by atoms with Crippen molar-refractivity contribution in [3.63, 3.8) is 0 Å². The SMILES string of the molecule is CCCN1C(=O)C2N(CCCC2(C)C)C1=O. The van der Waals surface area contributed by atoms with Crippen molar-refractivity contribution in [3.8, 4) is 0 Å². The highest BCUT2D eigenvalue weighted by atomic mass is 16.2. The molecule has 2 aliphatic heterocycles. The van der Waals surface area contributed by atoms with E-state index in [1.54, 1.807) is 4.90 Å². The lowest BCUT2D eigenvalue weighted by Gasteiger charge is -2.39. The molecule has 1 unspecified atom stereocenters. The quantitative estimate of drug-likeness (QED) is 0.672. The van der Waals surface area contributed by atoms with Gasteiger partial charge >= 0.3 is 6.03 Å². The maximum atomic E-state index is 12.2. The minimum absolute atomic E-state index is 0.0107. The van der Waals surface area contributed by atoms with Crippen LogP contribution in [0.2, 0.25) is 0 Å². The highest BCUT2D eigenvalue weighted by molar-refractivity contribution is 6.04. The summed E-state index contributed by atoms with van der Waals surface area (Å²) >= 11 is 0. The number of piperidine rings is 1. The normalized spacial score (nSPS) is 28.6. The van der Waals surface area contributed by atoms with Gasteiger partial charge in [-0.2, -0.15) is 0 Å². The number of imide groups is 1. The summed E-state index contributed by atoms with van der Waals surface area (Å²) in [6.45, 7) is 7.46. The van der Waals surface area contributed by atoms with Gasteiger partial charge in [0.25, 0.3) is 5.91 Å². The fourth-order valence-electron chi connectivity index (χ4n) is 2.89. The van der Waals surface area contributed by atoms with Crippen LogP contribution in [-0.2, 0) is 4.79 Å². The largest absolute Gasteiger partial charge is 0.327 e. The van der Waals surface area contributed by atoms with Crippen molar-refractivity contribution < 1.29 is 9.59 Å². The first-order valence-corrected chi connectivity index (χ1v) is 6.11. The zero-order chi connectivity index (χ0) is 11.9. The van der Waals surface area contributed by atoms with E-state index in [0.29, 0.717) is 6.54 Å². The molecular weight excluding hydrogens is 204 g/mol. The zero-order valence-electron chi connectivity index (χ0n) is 10.3. The van der Waals surface area contributed by atoms with E-state index in [0.717, 1.165) is 25.8 Å². The van der Waals surface area contributed by atoms with Crippen LogP contribution in [0.25, 0.3) is 0 Å². The predicted octanol–water partition coefficient (Wildman–Crippen LogP) is 1.85. The first kappa shape index (κ1) is 11.4. The molecule has 2 fully saturated rings. The number of rotatable bonds is 2. The third-order valence-corrected chi connectivity index (χ3v) is 3.70. The molecule has 2 aliphatic rings. The number of carbonyl (C=O) groups is 2. The Kier molecular flexibility index (Phi) is 2.68. The number of hydrogen-bond donors (Lipinski definition) is 0. The molecule has 0 aromatic heterocycles. The Morgan fingerprint density at radius 3 is 2.62 bits per heavy atom. The molecule has 4 nitrogen and oxygen atoms in total. The summed E-state index contributed by atoms with van der Waals surface area (Å²) in [6.07, 6.45) is 2.86. The van der Waals surface area contributed by atoms with Crippen molar-refractivity contribution in [2.45, 2.75) is 46.1 Å². The topological polar surface area (TPSA) is 40.6 Å². The Labute approximate surface area is 96.6 Å². The minimum atomic E-state index is -0.222. The van der Waals surface area contributed by atoms with E-state index in [-0.39, 0.29) is 23.4 Å². The summed E-state index contributed by atoms with van der Waals surface area (Å²) in [6, 6.07) is -0.301. The van der Waals surface area contributed by atoms with E-state index < -0.39 is 0 Å². The Bertz CT molecular complexity index is 325. The lowest BCUT2D eigenvalue weighted by molar-refractivity contribution is -0.132. The predicted molar refractivity (Wildman–Crippen MR) is 60.9 cm³/mol. The molecule has 2 rings (SSSR count). The molecule has 0 aromatic rings. The van der Waals surface area contributed by atoms with Crippen LogP contribution in [0, 0.1) is 5.41 Å². The standard InChI is InChI=1S/C12H20N2O2/c1-4-7-14-10(15)9-12(2,3)6-5-8-13(9)11(14)16/h9H,4-8H2,1-3H3. The van der Waals surface area contributed by atoms with E-state index >= 15 is 0 Å². The van der Waals surface area contributed by atoms with Crippen LogP contribution < -0.4 is 0 Å². The monoisotopic (exact) mass is 224 g/mol. The van der Waals surface area contributed by atoms with Gasteiger partial charge in [0.1, 0.15) is 6.04 Å². The number of fused-ring (bicyclic) bond motifs is 1. The molecule has 0 bridgehead atoms. The van der Waals surface area contributed by atoms with Crippen molar-refractivity contribution in [2.24, 2.45) is 5.41 Å². The van der Waals surface area contributed by atoms with Crippen molar-refractivity contribution >= 4 is 11.9 Å². The molecule has 3 amide bonds. The summed E-state index contributed by atoms with van der Waals surface area (Å²) in [5.41, 5.74) is -0.0759. The van der Waals surface area contributed by atoms with E-state index in [2.05, 4.69) is 13.8 Å². The minimum Gasteiger partial charge on any atom is -0.312 e. The summed E-state index contributed by atoms with van der Waals surface area (Å²) in [5.74, 6) is 0.0107. The third-order valence-electron chi connectivity index (χ3n) is 3.70. The van der Waals surface area contributed by atoms with Crippen LogP contribution in [0.5, 0.6) is 0 Å². The average molecular weight is 224 g/mol. The van der Waals surface area contributed by atoms with Crippen LogP contribution in [0.1, 0.15) is 40.0 Å². The first-order chi connectivity index (χ1) is 7.49. The van der Waals surface area contributed by atoms with Crippen molar-refractivity contribution in [2.75, 3.05) is 13.1 Å². The second-order valence-electron chi connectivity index (χ2n) is 5.46. The molecule has 0 aliphatic carbocycles. The van der Waals surface area contributed by atoms with Gasteiger partial charge in [-0.15, -0.1) is 0 Å². The zero-order valence-corrected chi connectivity index (χ0v) is 10.3. The van der Waals surface area contributed by atoms with Crippen LogP contribution in [-0.4, -0.2) is 40.9 Å². The Morgan fingerprint density at radius 1 is 1.38 bits per heavy atom. The van der Waals surface area contributed by atoms with Crippen molar-refractivity contribution in [1.82, 2.24) is 9.80 Å².